The molecule has 31 heavy (non-hydrogen) atoms. The molecule has 0 saturated carbocycles. The predicted octanol–water partition coefficient (Wildman–Crippen LogP) is 5.53. The molecule has 0 aromatic heterocycles. The number of rotatable bonds is 9. The van der Waals surface area contributed by atoms with E-state index >= 15 is 0 Å². The average Bonchev–Trinajstić information content (AvgIpc) is 2.77. The SMILES string of the molecule is COc1cc(/C=N\OCc2cccc([N+](=O)[O-])c2)cc(Cl)c1OCc1ccc(F)cc1. The summed E-state index contributed by atoms with van der Waals surface area (Å²) < 4.78 is 24.1. The maximum absolute atomic E-state index is 13.0. The molecule has 0 fully saturated rings. The second kappa shape index (κ2) is 10.4. The first-order valence-corrected chi connectivity index (χ1v) is 9.47. The molecule has 0 bridgehead atoms. The number of nitro groups is 1. The van der Waals surface area contributed by atoms with Gasteiger partial charge in [0.2, 0.25) is 0 Å². The Balaban J connectivity index is 1.64. The number of halogens is 2. The lowest BCUT2D eigenvalue weighted by Gasteiger charge is -2.13. The van der Waals surface area contributed by atoms with Crippen LogP contribution in [0.15, 0.2) is 65.8 Å². The molecule has 0 spiro atoms. The Morgan fingerprint density at radius 1 is 1.10 bits per heavy atom. The fourth-order valence-corrected chi connectivity index (χ4v) is 2.93. The number of nitro benzene ring substituents is 1. The van der Waals surface area contributed by atoms with Gasteiger partial charge < -0.3 is 14.3 Å². The summed E-state index contributed by atoms with van der Waals surface area (Å²) in [6.45, 7) is 0.262. The molecule has 0 N–H and O–H groups in total. The smallest absolute Gasteiger partial charge is 0.269 e. The summed E-state index contributed by atoms with van der Waals surface area (Å²) in [5.41, 5.74) is 1.99. The molecule has 0 unspecified atom stereocenters. The second-order valence-corrected chi connectivity index (χ2v) is 6.79. The minimum atomic E-state index is -0.471. The van der Waals surface area contributed by atoms with E-state index in [-0.39, 0.29) is 24.7 Å². The molecule has 0 atom stereocenters. The molecule has 0 aliphatic heterocycles. The molecule has 0 saturated heterocycles. The summed E-state index contributed by atoms with van der Waals surface area (Å²) in [5.74, 6) is 0.425. The summed E-state index contributed by atoms with van der Waals surface area (Å²) in [5, 5.41) is 15.0. The van der Waals surface area contributed by atoms with Crippen LogP contribution in [0, 0.1) is 15.9 Å². The second-order valence-electron chi connectivity index (χ2n) is 6.38. The van der Waals surface area contributed by atoms with Crippen molar-refractivity contribution in [3.05, 3.63) is 98.3 Å². The lowest BCUT2D eigenvalue weighted by Crippen LogP contribution is -1.99. The number of methoxy groups -OCH3 is 1. The van der Waals surface area contributed by atoms with Gasteiger partial charge in [-0.15, -0.1) is 0 Å². The van der Waals surface area contributed by atoms with Crippen LogP contribution in [0.2, 0.25) is 5.02 Å². The predicted molar refractivity (Wildman–Crippen MR) is 114 cm³/mol. The third kappa shape index (κ3) is 6.16. The number of benzene rings is 3. The molecule has 0 amide bonds. The van der Waals surface area contributed by atoms with E-state index in [9.17, 15) is 14.5 Å². The Bertz CT molecular complexity index is 1090. The lowest BCUT2D eigenvalue weighted by atomic mass is 10.2. The van der Waals surface area contributed by atoms with E-state index in [2.05, 4.69) is 5.16 Å². The van der Waals surface area contributed by atoms with Gasteiger partial charge in [-0.05, 0) is 35.4 Å². The molecule has 9 heteroatoms. The van der Waals surface area contributed by atoms with Crippen molar-refractivity contribution in [1.82, 2.24) is 0 Å². The van der Waals surface area contributed by atoms with E-state index in [4.69, 9.17) is 25.9 Å². The van der Waals surface area contributed by atoms with Gasteiger partial charge in [-0.3, -0.25) is 10.1 Å². The zero-order valence-corrected chi connectivity index (χ0v) is 17.2. The maximum Gasteiger partial charge on any atom is 0.269 e. The van der Waals surface area contributed by atoms with Gasteiger partial charge in [0, 0.05) is 17.7 Å². The van der Waals surface area contributed by atoms with Gasteiger partial charge in [-0.2, -0.15) is 0 Å². The highest BCUT2D eigenvalue weighted by molar-refractivity contribution is 6.32. The summed E-state index contributed by atoms with van der Waals surface area (Å²) in [4.78, 5) is 15.6. The van der Waals surface area contributed by atoms with Crippen LogP contribution in [-0.2, 0) is 18.1 Å². The summed E-state index contributed by atoms with van der Waals surface area (Å²) >= 11 is 6.33. The van der Waals surface area contributed by atoms with Crippen LogP contribution in [0.25, 0.3) is 0 Å². The number of ether oxygens (including phenoxy) is 2. The normalized spacial score (nSPS) is 10.8. The number of hydrogen-bond donors (Lipinski definition) is 0. The Labute approximate surface area is 182 Å². The Morgan fingerprint density at radius 2 is 1.87 bits per heavy atom. The first-order valence-electron chi connectivity index (χ1n) is 9.09. The van der Waals surface area contributed by atoms with E-state index in [0.29, 0.717) is 27.6 Å². The van der Waals surface area contributed by atoms with Crippen molar-refractivity contribution in [2.75, 3.05) is 7.11 Å². The molecule has 3 aromatic rings. The zero-order valence-electron chi connectivity index (χ0n) is 16.5. The van der Waals surface area contributed by atoms with Gasteiger partial charge in [0.15, 0.2) is 11.5 Å². The minimum Gasteiger partial charge on any atom is -0.493 e. The van der Waals surface area contributed by atoms with Crippen LogP contribution in [0.3, 0.4) is 0 Å². The first kappa shape index (κ1) is 22.0. The van der Waals surface area contributed by atoms with Crippen LogP contribution < -0.4 is 9.47 Å². The molecule has 0 radical (unpaired) electrons. The van der Waals surface area contributed by atoms with Crippen molar-refractivity contribution in [1.29, 1.82) is 0 Å². The van der Waals surface area contributed by atoms with Crippen molar-refractivity contribution in [3.63, 3.8) is 0 Å². The van der Waals surface area contributed by atoms with Crippen LogP contribution in [0.4, 0.5) is 10.1 Å². The zero-order chi connectivity index (χ0) is 22.2. The fourth-order valence-electron chi connectivity index (χ4n) is 2.66. The number of hydrogen-bond acceptors (Lipinski definition) is 6. The maximum atomic E-state index is 13.0. The molecule has 0 aliphatic rings. The van der Waals surface area contributed by atoms with E-state index in [1.807, 2.05) is 0 Å². The molecule has 0 heterocycles. The standard InChI is InChI=1S/C22H18ClFN2O5/c1-29-21-11-17(12-25-31-14-16-3-2-4-19(9-16)26(27)28)10-20(23)22(21)30-13-15-5-7-18(24)8-6-15/h2-12H,13-14H2,1H3/b25-12-. The topological polar surface area (TPSA) is 83.2 Å². The summed E-state index contributed by atoms with van der Waals surface area (Å²) in [6, 6.07) is 15.4. The molecule has 0 aliphatic carbocycles. The van der Waals surface area contributed by atoms with Crippen LogP contribution in [-0.4, -0.2) is 18.2 Å². The van der Waals surface area contributed by atoms with Crippen molar-refractivity contribution in [2.24, 2.45) is 5.16 Å². The number of non-ortho nitro benzene ring substituents is 1. The van der Waals surface area contributed by atoms with E-state index in [0.717, 1.165) is 5.56 Å². The van der Waals surface area contributed by atoms with E-state index in [1.165, 1.54) is 37.6 Å². The van der Waals surface area contributed by atoms with Gasteiger partial charge >= 0.3 is 0 Å². The third-order valence-electron chi connectivity index (χ3n) is 4.18. The Hall–Kier alpha value is -3.65. The number of oxime groups is 1. The summed E-state index contributed by atoms with van der Waals surface area (Å²) in [6.07, 6.45) is 1.44. The largest absolute Gasteiger partial charge is 0.493 e. The van der Waals surface area contributed by atoms with Crippen molar-refractivity contribution in [2.45, 2.75) is 13.2 Å². The Kier molecular flexibility index (Phi) is 7.40. The number of nitrogens with zero attached hydrogens (tertiary/aromatic N) is 2. The molecule has 3 rings (SSSR count). The van der Waals surface area contributed by atoms with Gasteiger partial charge in [-0.25, -0.2) is 4.39 Å². The lowest BCUT2D eigenvalue weighted by molar-refractivity contribution is -0.384. The van der Waals surface area contributed by atoms with Crippen molar-refractivity contribution < 1.29 is 23.6 Å². The van der Waals surface area contributed by atoms with E-state index in [1.54, 1.807) is 36.4 Å². The monoisotopic (exact) mass is 444 g/mol. The molecular weight excluding hydrogens is 427 g/mol. The van der Waals surface area contributed by atoms with E-state index < -0.39 is 4.92 Å². The first-order chi connectivity index (χ1) is 15.0. The third-order valence-corrected chi connectivity index (χ3v) is 4.46. The van der Waals surface area contributed by atoms with Gasteiger partial charge in [-0.1, -0.05) is 41.0 Å². The highest BCUT2D eigenvalue weighted by atomic mass is 35.5. The van der Waals surface area contributed by atoms with Gasteiger partial charge in [0.25, 0.3) is 5.69 Å². The van der Waals surface area contributed by atoms with Crippen molar-refractivity contribution >= 4 is 23.5 Å². The van der Waals surface area contributed by atoms with Crippen LogP contribution >= 0.6 is 11.6 Å². The molecule has 7 nitrogen and oxygen atoms in total. The highest BCUT2D eigenvalue weighted by Crippen LogP contribution is 2.36. The molecule has 160 valence electrons. The van der Waals surface area contributed by atoms with Crippen LogP contribution in [0.5, 0.6) is 11.5 Å². The fraction of sp³-hybridized carbons (Fsp3) is 0.136. The van der Waals surface area contributed by atoms with Gasteiger partial charge in [0.05, 0.1) is 23.3 Å². The van der Waals surface area contributed by atoms with Crippen molar-refractivity contribution in [3.8, 4) is 11.5 Å². The highest BCUT2D eigenvalue weighted by Gasteiger charge is 2.12. The minimum absolute atomic E-state index is 0.0159. The Morgan fingerprint density at radius 3 is 2.58 bits per heavy atom. The molecule has 3 aromatic carbocycles. The summed E-state index contributed by atoms with van der Waals surface area (Å²) in [7, 11) is 1.48. The quantitative estimate of drug-likeness (QED) is 0.246. The van der Waals surface area contributed by atoms with Gasteiger partial charge in [0.1, 0.15) is 19.0 Å². The van der Waals surface area contributed by atoms with Crippen LogP contribution in [0.1, 0.15) is 16.7 Å². The molecular formula is C22H18ClFN2O5. The average molecular weight is 445 g/mol.